The van der Waals surface area contributed by atoms with Crippen molar-refractivity contribution in [2.24, 2.45) is 5.92 Å². The van der Waals surface area contributed by atoms with Gasteiger partial charge in [-0.15, -0.1) is 0 Å². The largest absolute Gasteiger partial charge is 0.396 e. The van der Waals surface area contributed by atoms with E-state index in [4.69, 9.17) is 0 Å². The van der Waals surface area contributed by atoms with Crippen LogP contribution in [-0.2, 0) is 0 Å². The number of aromatic amines is 1. The summed E-state index contributed by atoms with van der Waals surface area (Å²) in [5.41, 5.74) is 1.06. The molecule has 4 nitrogen and oxygen atoms in total. The van der Waals surface area contributed by atoms with Crippen molar-refractivity contribution in [3.63, 3.8) is 0 Å². The number of H-pyrrole nitrogens is 1. The van der Waals surface area contributed by atoms with Crippen LogP contribution < -0.4 is 0 Å². The number of rotatable bonds is 3. The van der Waals surface area contributed by atoms with Crippen molar-refractivity contribution in [3.8, 4) is 0 Å². The van der Waals surface area contributed by atoms with E-state index in [9.17, 15) is 14.3 Å². The Morgan fingerprint density at radius 3 is 2.73 bits per heavy atom. The van der Waals surface area contributed by atoms with E-state index in [0.717, 1.165) is 25.7 Å². The molecule has 0 saturated heterocycles. The van der Waals surface area contributed by atoms with Crippen LogP contribution in [0.2, 0.25) is 0 Å². The molecule has 0 unspecified atom stereocenters. The highest BCUT2D eigenvalue weighted by Crippen LogP contribution is 2.28. The Labute approximate surface area is 128 Å². The van der Waals surface area contributed by atoms with E-state index in [0.29, 0.717) is 22.5 Å². The maximum Gasteiger partial charge on any atom is 0.270 e. The van der Waals surface area contributed by atoms with Crippen LogP contribution in [0.1, 0.15) is 36.2 Å². The predicted molar refractivity (Wildman–Crippen MR) is 83.2 cm³/mol. The SMILES string of the molecule is CN(C(=O)c1cc2c(F)cccc2[nH]1)C1CCC(CO)CC1. The number of aromatic nitrogens is 1. The van der Waals surface area contributed by atoms with Crippen LogP contribution in [-0.4, -0.2) is 40.6 Å². The molecule has 0 spiro atoms. The quantitative estimate of drug-likeness (QED) is 0.916. The van der Waals surface area contributed by atoms with Gasteiger partial charge >= 0.3 is 0 Å². The van der Waals surface area contributed by atoms with E-state index in [1.165, 1.54) is 6.07 Å². The van der Waals surface area contributed by atoms with Crippen molar-refractivity contribution in [1.82, 2.24) is 9.88 Å². The normalized spacial score (nSPS) is 22.0. The van der Waals surface area contributed by atoms with Gasteiger partial charge in [0.25, 0.3) is 5.91 Å². The molecule has 1 heterocycles. The summed E-state index contributed by atoms with van der Waals surface area (Å²) in [7, 11) is 1.80. The number of aliphatic hydroxyl groups is 1. The molecule has 0 radical (unpaired) electrons. The first kappa shape index (κ1) is 15.0. The first-order valence-electron chi connectivity index (χ1n) is 7.75. The Morgan fingerprint density at radius 1 is 1.36 bits per heavy atom. The molecule has 2 aromatic rings. The van der Waals surface area contributed by atoms with Crippen molar-refractivity contribution in [2.45, 2.75) is 31.7 Å². The molecule has 1 aliphatic rings. The lowest BCUT2D eigenvalue weighted by molar-refractivity contribution is 0.0648. The molecule has 22 heavy (non-hydrogen) atoms. The van der Waals surface area contributed by atoms with Crippen LogP contribution in [0.4, 0.5) is 4.39 Å². The highest BCUT2D eigenvalue weighted by atomic mass is 19.1. The second-order valence-electron chi connectivity index (χ2n) is 6.16. The number of amides is 1. The maximum atomic E-state index is 13.7. The lowest BCUT2D eigenvalue weighted by Gasteiger charge is -2.33. The van der Waals surface area contributed by atoms with Crippen molar-refractivity contribution < 1.29 is 14.3 Å². The van der Waals surface area contributed by atoms with E-state index in [1.807, 2.05) is 0 Å². The Balaban J connectivity index is 1.76. The minimum Gasteiger partial charge on any atom is -0.396 e. The van der Waals surface area contributed by atoms with Crippen molar-refractivity contribution >= 4 is 16.8 Å². The van der Waals surface area contributed by atoms with Crippen LogP contribution in [0.5, 0.6) is 0 Å². The molecule has 1 amide bonds. The lowest BCUT2D eigenvalue weighted by Crippen LogP contribution is -2.40. The molecular formula is C17H21FN2O2. The summed E-state index contributed by atoms with van der Waals surface area (Å²) < 4.78 is 13.7. The molecule has 1 aliphatic carbocycles. The number of carbonyl (C=O) groups excluding carboxylic acids is 1. The lowest BCUT2D eigenvalue weighted by atomic mass is 9.86. The summed E-state index contributed by atoms with van der Waals surface area (Å²) in [6, 6.07) is 6.56. The van der Waals surface area contributed by atoms with E-state index in [-0.39, 0.29) is 24.4 Å². The Hall–Kier alpha value is -1.88. The molecule has 118 valence electrons. The van der Waals surface area contributed by atoms with Gasteiger partial charge in [0.2, 0.25) is 0 Å². The number of fused-ring (bicyclic) bond motifs is 1. The van der Waals surface area contributed by atoms with Crippen LogP contribution in [0, 0.1) is 11.7 Å². The Morgan fingerprint density at radius 2 is 2.09 bits per heavy atom. The fraction of sp³-hybridized carbons (Fsp3) is 0.471. The van der Waals surface area contributed by atoms with Gasteiger partial charge in [0.15, 0.2) is 0 Å². The monoisotopic (exact) mass is 304 g/mol. The molecule has 0 bridgehead atoms. The van der Waals surface area contributed by atoms with Crippen LogP contribution >= 0.6 is 0 Å². The third-order valence-corrected chi connectivity index (χ3v) is 4.78. The van der Waals surface area contributed by atoms with Gasteiger partial charge in [0.1, 0.15) is 11.5 Å². The minimum absolute atomic E-state index is 0.108. The van der Waals surface area contributed by atoms with E-state index >= 15 is 0 Å². The second-order valence-corrected chi connectivity index (χ2v) is 6.16. The van der Waals surface area contributed by atoms with Crippen molar-refractivity contribution in [3.05, 3.63) is 35.8 Å². The minimum atomic E-state index is -0.320. The molecule has 1 aromatic carbocycles. The number of benzene rings is 1. The number of aliphatic hydroxyl groups excluding tert-OH is 1. The average molecular weight is 304 g/mol. The van der Waals surface area contributed by atoms with Gasteiger partial charge in [-0.1, -0.05) is 6.07 Å². The third-order valence-electron chi connectivity index (χ3n) is 4.78. The van der Waals surface area contributed by atoms with Crippen LogP contribution in [0.3, 0.4) is 0 Å². The smallest absolute Gasteiger partial charge is 0.270 e. The molecular weight excluding hydrogens is 283 g/mol. The third kappa shape index (κ3) is 2.73. The number of nitrogens with one attached hydrogen (secondary N) is 1. The molecule has 0 aliphatic heterocycles. The number of nitrogens with zero attached hydrogens (tertiary/aromatic N) is 1. The maximum absolute atomic E-state index is 13.7. The fourth-order valence-corrected chi connectivity index (χ4v) is 3.30. The summed E-state index contributed by atoms with van der Waals surface area (Å²) in [5, 5.41) is 9.64. The number of halogens is 1. The first-order valence-corrected chi connectivity index (χ1v) is 7.75. The Bertz CT molecular complexity index is 674. The molecule has 1 saturated carbocycles. The van der Waals surface area contributed by atoms with Crippen LogP contribution in [0.15, 0.2) is 24.3 Å². The van der Waals surface area contributed by atoms with E-state index in [2.05, 4.69) is 4.98 Å². The zero-order valence-electron chi connectivity index (χ0n) is 12.7. The molecule has 2 N–H and O–H groups in total. The zero-order chi connectivity index (χ0) is 15.7. The van der Waals surface area contributed by atoms with Crippen LogP contribution in [0.25, 0.3) is 10.9 Å². The fourth-order valence-electron chi connectivity index (χ4n) is 3.30. The number of hydrogen-bond donors (Lipinski definition) is 2. The van der Waals surface area contributed by atoms with E-state index in [1.54, 1.807) is 30.1 Å². The standard InChI is InChI=1S/C17H21FN2O2/c1-20(12-7-5-11(10-21)6-8-12)17(22)16-9-13-14(18)3-2-4-15(13)19-16/h2-4,9,11-12,19,21H,5-8,10H2,1H3. The molecule has 1 aromatic heterocycles. The second kappa shape index (κ2) is 6.08. The molecule has 0 atom stereocenters. The summed E-state index contributed by atoms with van der Waals surface area (Å²) in [6.07, 6.45) is 3.70. The van der Waals surface area contributed by atoms with Gasteiger partial charge in [-0.3, -0.25) is 4.79 Å². The summed E-state index contributed by atoms with van der Waals surface area (Å²) in [4.78, 5) is 17.3. The van der Waals surface area contributed by atoms with Gasteiger partial charge in [0, 0.05) is 30.6 Å². The summed E-state index contributed by atoms with van der Waals surface area (Å²) in [5.74, 6) is -0.0659. The zero-order valence-corrected chi connectivity index (χ0v) is 12.7. The average Bonchev–Trinajstić information content (AvgIpc) is 2.99. The van der Waals surface area contributed by atoms with Gasteiger partial charge in [-0.25, -0.2) is 4.39 Å². The molecule has 1 fully saturated rings. The number of hydrogen-bond acceptors (Lipinski definition) is 2. The van der Waals surface area contributed by atoms with Gasteiger partial charge in [0.05, 0.1) is 0 Å². The highest BCUT2D eigenvalue weighted by molar-refractivity contribution is 5.98. The first-order chi connectivity index (χ1) is 10.6. The predicted octanol–water partition coefficient (Wildman–Crippen LogP) is 2.93. The topological polar surface area (TPSA) is 56.3 Å². The number of carbonyl (C=O) groups is 1. The highest BCUT2D eigenvalue weighted by Gasteiger charge is 2.27. The van der Waals surface area contributed by atoms with Gasteiger partial charge < -0.3 is 15.0 Å². The van der Waals surface area contributed by atoms with E-state index < -0.39 is 0 Å². The van der Waals surface area contributed by atoms with Crippen molar-refractivity contribution in [1.29, 1.82) is 0 Å². The summed E-state index contributed by atoms with van der Waals surface area (Å²) >= 11 is 0. The molecule has 5 heteroatoms. The van der Waals surface area contributed by atoms with Crippen molar-refractivity contribution in [2.75, 3.05) is 13.7 Å². The molecule has 3 rings (SSSR count). The van der Waals surface area contributed by atoms with Gasteiger partial charge in [-0.2, -0.15) is 0 Å². The van der Waals surface area contributed by atoms with Gasteiger partial charge in [-0.05, 0) is 49.8 Å². The summed E-state index contributed by atoms with van der Waals surface area (Å²) in [6.45, 7) is 0.228. The Kier molecular flexibility index (Phi) is 4.16.